The van der Waals surface area contributed by atoms with Crippen molar-refractivity contribution in [3.8, 4) is 0 Å². The third-order valence-corrected chi connectivity index (χ3v) is 8.12. The first-order valence-electron chi connectivity index (χ1n) is 13.2. The number of hydrogen-bond acceptors (Lipinski definition) is 5. The highest BCUT2D eigenvalue weighted by Gasteiger charge is 2.13. The van der Waals surface area contributed by atoms with Gasteiger partial charge in [0.15, 0.2) is 0 Å². The predicted molar refractivity (Wildman–Crippen MR) is 133 cm³/mol. The van der Waals surface area contributed by atoms with E-state index in [1.54, 1.807) is 0 Å². The second-order valence-corrected chi connectivity index (χ2v) is 11.2. The van der Waals surface area contributed by atoms with Crippen molar-refractivity contribution in [1.29, 1.82) is 0 Å². The van der Waals surface area contributed by atoms with Gasteiger partial charge < -0.3 is 19.2 Å². The van der Waals surface area contributed by atoms with Gasteiger partial charge in [0, 0.05) is 0 Å². The molecule has 31 heavy (non-hydrogen) atoms. The Hall–Kier alpha value is 0.660. The minimum absolute atomic E-state index is 0.409. The molecule has 0 spiro atoms. The Morgan fingerprint density at radius 3 is 1.42 bits per heavy atom. The van der Waals surface area contributed by atoms with Crippen molar-refractivity contribution < 1.29 is 23.5 Å². The topological polar surface area (TPSA) is 79.2 Å². The molecule has 5 nitrogen and oxygen atoms in total. The lowest BCUT2D eigenvalue weighted by Crippen LogP contribution is -2.05. The molecular weight excluding hydrogens is 430 g/mol. The molecule has 0 saturated heterocycles. The molecule has 0 bridgehead atoms. The zero-order valence-corrected chi connectivity index (χ0v) is 21.7. The summed E-state index contributed by atoms with van der Waals surface area (Å²) in [5, 5.41) is 0. The van der Waals surface area contributed by atoms with E-state index in [4.69, 9.17) is 14.3 Å². The van der Waals surface area contributed by atoms with Gasteiger partial charge in [-0.25, -0.2) is 4.31 Å². The van der Waals surface area contributed by atoms with Gasteiger partial charge >= 0.3 is 17.2 Å². The van der Waals surface area contributed by atoms with Crippen LogP contribution in [0, 0.1) is 5.92 Å². The SMILES string of the molecule is OP(O)OP(O)OCCCCCCCCCCCCCCCCCCC1CCCCC1. The van der Waals surface area contributed by atoms with Crippen LogP contribution in [0.15, 0.2) is 0 Å². The number of hydrogen-bond donors (Lipinski definition) is 3. The molecular formula is C24H50O5P2. The standard InChI is InChI=1S/C24H50O5P2/c25-30(26)29-31(27)28-23-19-14-12-10-8-6-4-2-1-3-5-7-9-11-13-16-20-24-21-17-15-18-22-24/h24-27H,1-23H2. The lowest BCUT2D eigenvalue weighted by Gasteiger charge is -2.21. The van der Waals surface area contributed by atoms with Crippen molar-refractivity contribution in [2.45, 2.75) is 141 Å². The predicted octanol–water partition coefficient (Wildman–Crippen LogP) is 8.66. The maximum Gasteiger partial charge on any atom is 0.337 e. The Kier molecular flexibility index (Phi) is 21.5. The fourth-order valence-corrected chi connectivity index (χ4v) is 5.69. The zero-order chi connectivity index (χ0) is 22.4. The second kappa shape index (κ2) is 22.5. The first kappa shape index (κ1) is 29.7. The van der Waals surface area contributed by atoms with Gasteiger partial charge in [-0.05, 0) is 12.3 Å². The van der Waals surface area contributed by atoms with Gasteiger partial charge in [0.2, 0.25) is 0 Å². The van der Waals surface area contributed by atoms with Crippen molar-refractivity contribution >= 4 is 17.2 Å². The maximum atomic E-state index is 9.21. The lowest BCUT2D eigenvalue weighted by atomic mass is 9.85. The summed E-state index contributed by atoms with van der Waals surface area (Å²) < 4.78 is 9.37. The monoisotopic (exact) mass is 480 g/mol. The summed E-state index contributed by atoms with van der Waals surface area (Å²) in [6, 6.07) is 0. The van der Waals surface area contributed by atoms with Gasteiger partial charge in [-0.2, -0.15) is 0 Å². The van der Waals surface area contributed by atoms with Crippen LogP contribution in [0.2, 0.25) is 0 Å². The number of rotatable bonds is 22. The second-order valence-electron chi connectivity index (χ2n) is 9.36. The molecule has 1 unspecified atom stereocenters. The van der Waals surface area contributed by atoms with Crippen LogP contribution in [-0.2, 0) is 8.83 Å². The molecule has 1 atom stereocenters. The smallest absolute Gasteiger partial charge is 0.328 e. The van der Waals surface area contributed by atoms with E-state index in [2.05, 4.69) is 4.31 Å². The van der Waals surface area contributed by atoms with Crippen LogP contribution in [0.1, 0.15) is 141 Å². The summed E-state index contributed by atoms with van der Waals surface area (Å²) in [6.45, 7) is 0.409. The minimum Gasteiger partial charge on any atom is -0.328 e. The van der Waals surface area contributed by atoms with Crippen LogP contribution in [-0.4, -0.2) is 21.3 Å². The van der Waals surface area contributed by atoms with Crippen molar-refractivity contribution in [3.63, 3.8) is 0 Å². The average molecular weight is 481 g/mol. The van der Waals surface area contributed by atoms with Gasteiger partial charge in [-0.15, -0.1) is 0 Å². The van der Waals surface area contributed by atoms with Crippen LogP contribution in [0.5, 0.6) is 0 Å². The summed E-state index contributed by atoms with van der Waals surface area (Å²) in [7, 11) is -4.67. The van der Waals surface area contributed by atoms with E-state index >= 15 is 0 Å². The van der Waals surface area contributed by atoms with Crippen LogP contribution in [0.25, 0.3) is 0 Å². The molecule has 0 aliphatic heterocycles. The third-order valence-electron chi connectivity index (χ3n) is 6.58. The Labute approximate surface area is 194 Å². The lowest BCUT2D eigenvalue weighted by molar-refractivity contribution is 0.242. The van der Waals surface area contributed by atoms with Crippen molar-refractivity contribution in [3.05, 3.63) is 0 Å². The molecule has 7 heteroatoms. The van der Waals surface area contributed by atoms with E-state index in [-0.39, 0.29) is 0 Å². The maximum absolute atomic E-state index is 9.21. The molecule has 0 heterocycles. The van der Waals surface area contributed by atoms with Crippen LogP contribution in [0.3, 0.4) is 0 Å². The summed E-state index contributed by atoms with van der Waals surface area (Å²) in [5.74, 6) is 1.07. The highest BCUT2D eigenvalue weighted by molar-refractivity contribution is 7.54. The zero-order valence-electron chi connectivity index (χ0n) is 19.9. The van der Waals surface area contributed by atoms with Gasteiger partial charge in [0.25, 0.3) is 0 Å². The summed E-state index contributed by atoms with van der Waals surface area (Å²) in [4.78, 5) is 26.4. The first-order valence-corrected chi connectivity index (χ1v) is 15.5. The summed E-state index contributed by atoms with van der Waals surface area (Å²) >= 11 is 0. The Morgan fingerprint density at radius 2 is 0.968 bits per heavy atom. The summed E-state index contributed by atoms with van der Waals surface area (Å²) in [6.07, 6.45) is 30.4. The van der Waals surface area contributed by atoms with Crippen molar-refractivity contribution in [2.75, 3.05) is 6.61 Å². The van der Waals surface area contributed by atoms with Gasteiger partial charge in [0.05, 0.1) is 6.61 Å². The minimum atomic E-state index is -2.53. The Morgan fingerprint density at radius 1 is 0.548 bits per heavy atom. The molecule has 1 aliphatic carbocycles. The van der Waals surface area contributed by atoms with Gasteiger partial charge in [0.1, 0.15) is 0 Å². The van der Waals surface area contributed by atoms with Crippen LogP contribution < -0.4 is 0 Å². The van der Waals surface area contributed by atoms with E-state index in [9.17, 15) is 4.89 Å². The first-order chi connectivity index (χ1) is 15.2. The fraction of sp³-hybridized carbons (Fsp3) is 1.00. The van der Waals surface area contributed by atoms with Gasteiger partial charge in [-0.3, -0.25) is 0 Å². The van der Waals surface area contributed by atoms with Gasteiger partial charge in [-0.1, -0.05) is 135 Å². The summed E-state index contributed by atoms with van der Waals surface area (Å²) in [5.41, 5.74) is 0. The molecule has 3 N–H and O–H groups in total. The van der Waals surface area contributed by atoms with E-state index in [1.807, 2.05) is 0 Å². The molecule has 186 valence electrons. The van der Waals surface area contributed by atoms with Crippen molar-refractivity contribution in [1.82, 2.24) is 0 Å². The highest BCUT2D eigenvalue weighted by Crippen LogP contribution is 2.46. The van der Waals surface area contributed by atoms with Crippen molar-refractivity contribution in [2.24, 2.45) is 5.92 Å². The van der Waals surface area contributed by atoms with E-state index in [1.165, 1.54) is 128 Å². The Bertz CT molecular complexity index is 368. The van der Waals surface area contributed by atoms with E-state index in [0.717, 1.165) is 18.8 Å². The molecule has 0 radical (unpaired) electrons. The molecule has 1 aliphatic rings. The average Bonchev–Trinajstić information content (AvgIpc) is 2.75. The van der Waals surface area contributed by atoms with E-state index in [0.29, 0.717) is 6.61 Å². The molecule has 0 aromatic rings. The fourth-order valence-electron chi connectivity index (χ4n) is 4.71. The highest BCUT2D eigenvalue weighted by atomic mass is 31.2. The van der Waals surface area contributed by atoms with E-state index < -0.39 is 17.2 Å². The van der Waals surface area contributed by atoms with Crippen LogP contribution >= 0.6 is 17.2 Å². The number of unbranched alkanes of at least 4 members (excludes halogenated alkanes) is 15. The van der Waals surface area contributed by atoms with Crippen LogP contribution in [0.4, 0.5) is 0 Å². The molecule has 0 aromatic heterocycles. The molecule has 1 rings (SSSR count). The quantitative estimate of drug-likeness (QED) is 0.107. The molecule has 1 saturated carbocycles. The molecule has 1 fully saturated rings. The molecule has 0 aromatic carbocycles. The third kappa shape index (κ3) is 21.0. The Balaban J connectivity index is 1.66. The normalized spacial score (nSPS) is 16.3. The largest absolute Gasteiger partial charge is 0.337 e. The molecule has 0 amide bonds.